The summed E-state index contributed by atoms with van der Waals surface area (Å²) < 4.78 is 44.5. The average Bonchev–Trinajstić information content (AvgIpc) is 3.16. The molecule has 1 aromatic heterocycles. The Morgan fingerprint density at radius 3 is 2.69 bits per heavy atom. The standard InChI is InChI=1S/C20H22F3N3O3/c1-13(24-19(28)12-27)14-5-7-15(8-6-14)29-16-9-10-26(11-16)18-4-2-3-17(25-18)20(21,22)23/h2-8,13,16,27H,9-12H2,1H3,(H,24,28)/t13-,16?/m0/s1. The van der Waals surface area contributed by atoms with Crippen molar-refractivity contribution in [3.05, 3.63) is 53.7 Å². The van der Waals surface area contributed by atoms with Crippen molar-refractivity contribution in [2.24, 2.45) is 0 Å². The van der Waals surface area contributed by atoms with Gasteiger partial charge in [-0.25, -0.2) is 4.98 Å². The number of pyridine rings is 1. The summed E-state index contributed by atoms with van der Waals surface area (Å²) in [5, 5.41) is 11.5. The zero-order valence-corrected chi connectivity index (χ0v) is 15.8. The quantitative estimate of drug-likeness (QED) is 0.768. The number of carbonyl (C=O) groups excluding carboxylic acids is 1. The van der Waals surface area contributed by atoms with E-state index in [1.807, 2.05) is 12.1 Å². The normalized spacial score (nSPS) is 17.8. The molecule has 2 heterocycles. The number of hydrogen-bond donors (Lipinski definition) is 2. The minimum absolute atomic E-state index is 0.163. The molecule has 3 rings (SSSR count). The van der Waals surface area contributed by atoms with Crippen LogP contribution in [0.25, 0.3) is 0 Å². The van der Waals surface area contributed by atoms with Crippen LogP contribution in [0.4, 0.5) is 19.0 Å². The Hall–Kier alpha value is -2.81. The second-order valence-corrected chi connectivity index (χ2v) is 6.87. The third-order valence-electron chi connectivity index (χ3n) is 4.70. The number of anilines is 1. The van der Waals surface area contributed by atoms with Crippen LogP contribution >= 0.6 is 0 Å². The Bertz CT molecular complexity index is 843. The molecule has 1 fully saturated rings. The van der Waals surface area contributed by atoms with Gasteiger partial charge in [0.25, 0.3) is 0 Å². The van der Waals surface area contributed by atoms with Gasteiger partial charge in [0.2, 0.25) is 5.91 Å². The van der Waals surface area contributed by atoms with Crippen LogP contribution in [0.2, 0.25) is 0 Å². The molecule has 0 aliphatic carbocycles. The second-order valence-electron chi connectivity index (χ2n) is 6.87. The van der Waals surface area contributed by atoms with Gasteiger partial charge in [-0.1, -0.05) is 18.2 Å². The monoisotopic (exact) mass is 409 g/mol. The average molecular weight is 409 g/mol. The van der Waals surface area contributed by atoms with Crippen LogP contribution in [0, 0.1) is 0 Å². The number of aromatic nitrogens is 1. The number of ether oxygens (including phenoxy) is 1. The molecule has 6 nitrogen and oxygen atoms in total. The van der Waals surface area contributed by atoms with Crippen molar-refractivity contribution < 1.29 is 27.8 Å². The summed E-state index contributed by atoms with van der Waals surface area (Å²) in [6, 6.07) is 10.8. The molecule has 1 aliphatic heterocycles. The van der Waals surface area contributed by atoms with Crippen molar-refractivity contribution in [1.82, 2.24) is 10.3 Å². The van der Waals surface area contributed by atoms with Gasteiger partial charge in [0.05, 0.1) is 12.6 Å². The molecule has 29 heavy (non-hydrogen) atoms. The Balaban J connectivity index is 1.58. The fourth-order valence-electron chi connectivity index (χ4n) is 3.19. The van der Waals surface area contributed by atoms with Gasteiger partial charge in [0.15, 0.2) is 0 Å². The summed E-state index contributed by atoms with van der Waals surface area (Å²) >= 11 is 0. The minimum atomic E-state index is -4.47. The first-order valence-electron chi connectivity index (χ1n) is 9.22. The topological polar surface area (TPSA) is 74.7 Å². The molecule has 2 N–H and O–H groups in total. The van der Waals surface area contributed by atoms with Crippen molar-refractivity contribution in [3.8, 4) is 5.75 Å². The van der Waals surface area contributed by atoms with Gasteiger partial charge in [-0.2, -0.15) is 13.2 Å². The first-order chi connectivity index (χ1) is 13.8. The lowest BCUT2D eigenvalue weighted by molar-refractivity contribution is -0.141. The van der Waals surface area contributed by atoms with E-state index in [0.717, 1.165) is 11.6 Å². The SMILES string of the molecule is C[C@H](NC(=O)CO)c1ccc(OC2CCN(c3cccc(C(F)(F)F)n3)C2)cc1. The van der Waals surface area contributed by atoms with Gasteiger partial charge >= 0.3 is 6.18 Å². The Labute approximate surface area is 166 Å². The first-order valence-corrected chi connectivity index (χ1v) is 9.22. The number of halogens is 3. The maximum Gasteiger partial charge on any atom is 0.433 e. The third-order valence-corrected chi connectivity index (χ3v) is 4.70. The van der Waals surface area contributed by atoms with Crippen molar-refractivity contribution in [1.29, 1.82) is 0 Å². The summed E-state index contributed by atoms with van der Waals surface area (Å²) in [5.74, 6) is 0.472. The summed E-state index contributed by atoms with van der Waals surface area (Å²) in [4.78, 5) is 16.8. The largest absolute Gasteiger partial charge is 0.489 e. The maximum absolute atomic E-state index is 12.9. The van der Waals surface area contributed by atoms with E-state index in [4.69, 9.17) is 9.84 Å². The van der Waals surface area contributed by atoms with Crippen molar-refractivity contribution in [2.75, 3.05) is 24.6 Å². The van der Waals surface area contributed by atoms with E-state index in [1.54, 1.807) is 30.0 Å². The molecule has 2 aromatic rings. The predicted octanol–water partition coefficient (Wildman–Crippen LogP) is 2.93. The van der Waals surface area contributed by atoms with E-state index in [2.05, 4.69) is 10.3 Å². The lowest BCUT2D eigenvalue weighted by atomic mass is 10.1. The molecule has 0 bridgehead atoms. The molecule has 1 amide bonds. The lowest BCUT2D eigenvalue weighted by Crippen LogP contribution is -2.29. The maximum atomic E-state index is 12.9. The molecule has 1 aromatic carbocycles. The molecule has 1 saturated heterocycles. The second kappa shape index (κ2) is 8.69. The summed E-state index contributed by atoms with van der Waals surface area (Å²) in [7, 11) is 0. The van der Waals surface area contributed by atoms with Crippen LogP contribution in [-0.2, 0) is 11.0 Å². The third kappa shape index (κ3) is 5.38. The summed E-state index contributed by atoms with van der Waals surface area (Å²) in [6.07, 6.45) is -3.97. The van der Waals surface area contributed by atoms with Gasteiger partial charge in [-0.3, -0.25) is 4.79 Å². The van der Waals surface area contributed by atoms with Gasteiger partial charge in [-0.15, -0.1) is 0 Å². The number of aliphatic hydroxyl groups excluding tert-OH is 1. The Kier molecular flexibility index (Phi) is 6.26. The number of aliphatic hydroxyl groups is 1. The minimum Gasteiger partial charge on any atom is -0.489 e. The van der Waals surface area contributed by atoms with Crippen LogP contribution in [-0.4, -0.2) is 41.8 Å². The number of amides is 1. The molecule has 156 valence electrons. The molecule has 1 unspecified atom stereocenters. The Morgan fingerprint density at radius 2 is 2.03 bits per heavy atom. The van der Waals surface area contributed by atoms with Gasteiger partial charge in [-0.05, 0) is 36.8 Å². The number of alkyl halides is 3. The smallest absolute Gasteiger partial charge is 0.433 e. The number of benzene rings is 1. The first kappa shape index (κ1) is 20.9. The van der Waals surface area contributed by atoms with Gasteiger partial charge < -0.3 is 20.1 Å². The molecular formula is C20H22F3N3O3. The number of nitrogens with zero attached hydrogens (tertiary/aromatic N) is 2. The highest BCUT2D eigenvalue weighted by Crippen LogP contribution is 2.30. The summed E-state index contributed by atoms with van der Waals surface area (Å²) in [5.41, 5.74) is -0.0438. The van der Waals surface area contributed by atoms with Crippen LogP contribution in [0.3, 0.4) is 0 Å². The van der Waals surface area contributed by atoms with Crippen LogP contribution in [0.15, 0.2) is 42.5 Å². The van der Waals surface area contributed by atoms with Gasteiger partial charge in [0.1, 0.15) is 30.0 Å². The van der Waals surface area contributed by atoms with Gasteiger partial charge in [0, 0.05) is 13.0 Å². The molecule has 0 spiro atoms. The van der Waals surface area contributed by atoms with Crippen molar-refractivity contribution >= 4 is 11.7 Å². The molecule has 1 aliphatic rings. The predicted molar refractivity (Wildman–Crippen MR) is 101 cm³/mol. The molecule has 9 heteroatoms. The lowest BCUT2D eigenvalue weighted by Gasteiger charge is -2.19. The van der Waals surface area contributed by atoms with E-state index in [0.29, 0.717) is 25.3 Å². The van der Waals surface area contributed by atoms with E-state index in [-0.39, 0.29) is 18.0 Å². The van der Waals surface area contributed by atoms with Crippen molar-refractivity contribution in [3.63, 3.8) is 0 Å². The van der Waals surface area contributed by atoms with E-state index < -0.39 is 24.4 Å². The van der Waals surface area contributed by atoms with Crippen LogP contribution < -0.4 is 15.0 Å². The van der Waals surface area contributed by atoms with E-state index >= 15 is 0 Å². The highest BCUT2D eigenvalue weighted by Gasteiger charge is 2.33. The fraction of sp³-hybridized carbons (Fsp3) is 0.400. The fourth-order valence-corrected chi connectivity index (χ4v) is 3.19. The zero-order valence-electron chi connectivity index (χ0n) is 15.8. The molecular weight excluding hydrogens is 387 g/mol. The van der Waals surface area contributed by atoms with Crippen LogP contribution in [0.1, 0.15) is 30.6 Å². The van der Waals surface area contributed by atoms with Crippen LogP contribution in [0.5, 0.6) is 5.75 Å². The van der Waals surface area contributed by atoms with E-state index in [9.17, 15) is 18.0 Å². The number of nitrogens with one attached hydrogen (secondary N) is 1. The highest BCUT2D eigenvalue weighted by atomic mass is 19.4. The molecule has 0 saturated carbocycles. The van der Waals surface area contributed by atoms with E-state index in [1.165, 1.54) is 6.07 Å². The number of rotatable bonds is 6. The molecule has 2 atom stereocenters. The van der Waals surface area contributed by atoms with Crippen molar-refractivity contribution in [2.45, 2.75) is 31.7 Å². The summed E-state index contributed by atoms with van der Waals surface area (Å²) in [6.45, 7) is 2.24. The Morgan fingerprint density at radius 1 is 1.31 bits per heavy atom. The zero-order chi connectivity index (χ0) is 21.0. The number of carbonyl (C=O) groups is 1. The highest BCUT2D eigenvalue weighted by molar-refractivity contribution is 5.77. The number of hydrogen-bond acceptors (Lipinski definition) is 5. The molecule has 0 radical (unpaired) electrons.